The van der Waals surface area contributed by atoms with Crippen LogP contribution >= 0.6 is 0 Å². The summed E-state index contributed by atoms with van der Waals surface area (Å²) in [5.74, 6) is -1.03. The third-order valence-corrected chi connectivity index (χ3v) is 2.72. The van der Waals surface area contributed by atoms with Gasteiger partial charge >= 0.3 is 12.1 Å². The van der Waals surface area contributed by atoms with E-state index in [2.05, 4.69) is 5.32 Å². The van der Waals surface area contributed by atoms with Gasteiger partial charge in [-0.3, -0.25) is 10.1 Å². The standard InChI is InChI=1S/C12H22N2O5/c1-8(15)5-13-12(9(16)17)6-14(7-12)10(18)19-11(2,3)4/h8,13,15H,5-7H2,1-4H3,(H,16,17). The Morgan fingerprint density at radius 2 is 1.95 bits per heavy atom. The molecule has 0 bridgehead atoms. The molecule has 1 unspecified atom stereocenters. The predicted molar refractivity (Wildman–Crippen MR) is 67.9 cm³/mol. The van der Waals surface area contributed by atoms with Gasteiger partial charge in [0.2, 0.25) is 0 Å². The summed E-state index contributed by atoms with van der Waals surface area (Å²) in [5.41, 5.74) is -1.79. The number of nitrogens with zero attached hydrogens (tertiary/aromatic N) is 1. The quantitative estimate of drug-likeness (QED) is 0.669. The van der Waals surface area contributed by atoms with Crippen molar-refractivity contribution in [2.24, 2.45) is 0 Å². The first-order valence-electron chi connectivity index (χ1n) is 6.20. The van der Waals surface area contributed by atoms with Crippen molar-refractivity contribution in [3.63, 3.8) is 0 Å². The van der Waals surface area contributed by atoms with Gasteiger partial charge in [0.25, 0.3) is 0 Å². The monoisotopic (exact) mass is 274 g/mol. The van der Waals surface area contributed by atoms with Crippen LogP contribution in [0.1, 0.15) is 27.7 Å². The molecule has 0 saturated carbocycles. The molecule has 0 aromatic carbocycles. The van der Waals surface area contributed by atoms with Gasteiger partial charge in [-0.1, -0.05) is 0 Å². The molecule has 7 nitrogen and oxygen atoms in total. The topological polar surface area (TPSA) is 99.1 Å². The lowest BCUT2D eigenvalue weighted by molar-refractivity contribution is -0.152. The highest BCUT2D eigenvalue weighted by molar-refractivity contribution is 5.84. The Hall–Kier alpha value is -1.34. The first kappa shape index (κ1) is 15.7. The molecule has 1 fully saturated rings. The van der Waals surface area contributed by atoms with Gasteiger partial charge in [-0.2, -0.15) is 0 Å². The minimum Gasteiger partial charge on any atom is -0.480 e. The molecule has 0 spiro atoms. The van der Waals surface area contributed by atoms with Crippen LogP contribution in [0.5, 0.6) is 0 Å². The number of amides is 1. The van der Waals surface area contributed by atoms with E-state index in [9.17, 15) is 19.8 Å². The van der Waals surface area contributed by atoms with Crippen LogP contribution in [0, 0.1) is 0 Å². The van der Waals surface area contributed by atoms with Gasteiger partial charge in [-0.25, -0.2) is 4.79 Å². The molecule has 1 atom stereocenters. The van der Waals surface area contributed by atoms with Crippen molar-refractivity contribution < 1.29 is 24.5 Å². The maximum absolute atomic E-state index is 11.7. The normalized spacial score (nSPS) is 19.5. The Balaban J connectivity index is 2.55. The van der Waals surface area contributed by atoms with Crippen LogP contribution in [0.4, 0.5) is 4.79 Å². The maximum atomic E-state index is 11.7. The third kappa shape index (κ3) is 4.07. The zero-order valence-corrected chi connectivity index (χ0v) is 11.8. The number of rotatable bonds is 4. The van der Waals surface area contributed by atoms with Crippen molar-refractivity contribution in [3.05, 3.63) is 0 Å². The number of carbonyl (C=O) groups excluding carboxylic acids is 1. The van der Waals surface area contributed by atoms with E-state index < -0.39 is 29.3 Å². The highest BCUT2D eigenvalue weighted by Crippen LogP contribution is 2.24. The van der Waals surface area contributed by atoms with Crippen LogP contribution < -0.4 is 5.32 Å². The number of hydrogen-bond acceptors (Lipinski definition) is 5. The van der Waals surface area contributed by atoms with E-state index in [-0.39, 0.29) is 19.6 Å². The molecule has 0 aromatic rings. The number of ether oxygens (including phenoxy) is 1. The summed E-state index contributed by atoms with van der Waals surface area (Å²) in [6.07, 6.45) is -1.17. The average molecular weight is 274 g/mol. The fraction of sp³-hybridized carbons (Fsp3) is 0.833. The summed E-state index contributed by atoms with van der Waals surface area (Å²) in [7, 11) is 0. The zero-order chi connectivity index (χ0) is 14.8. The molecule has 7 heteroatoms. The van der Waals surface area contributed by atoms with Crippen molar-refractivity contribution in [2.75, 3.05) is 19.6 Å². The molecule has 0 aromatic heterocycles. The van der Waals surface area contributed by atoms with Crippen molar-refractivity contribution in [1.82, 2.24) is 10.2 Å². The van der Waals surface area contributed by atoms with Gasteiger partial charge in [-0.05, 0) is 27.7 Å². The number of carbonyl (C=O) groups is 2. The van der Waals surface area contributed by atoms with E-state index in [1.807, 2.05) is 0 Å². The van der Waals surface area contributed by atoms with Crippen LogP contribution in [0.2, 0.25) is 0 Å². The number of carboxylic acids is 1. The lowest BCUT2D eigenvalue weighted by Gasteiger charge is -2.47. The Morgan fingerprint density at radius 1 is 1.42 bits per heavy atom. The number of β-amino-alcohol motifs (C(OH)–C–C–N with tert-alkyl or cyclic N) is 1. The average Bonchev–Trinajstić information content (AvgIpc) is 2.11. The van der Waals surface area contributed by atoms with Gasteiger partial charge < -0.3 is 19.8 Å². The van der Waals surface area contributed by atoms with Gasteiger partial charge in [0.1, 0.15) is 5.60 Å². The van der Waals surface area contributed by atoms with E-state index in [0.29, 0.717) is 0 Å². The van der Waals surface area contributed by atoms with Crippen molar-refractivity contribution in [2.45, 2.75) is 44.9 Å². The summed E-state index contributed by atoms with van der Waals surface area (Å²) in [5, 5.41) is 21.2. The maximum Gasteiger partial charge on any atom is 0.410 e. The first-order chi connectivity index (χ1) is 8.56. The fourth-order valence-electron chi connectivity index (χ4n) is 1.73. The smallest absolute Gasteiger partial charge is 0.410 e. The van der Waals surface area contributed by atoms with Gasteiger partial charge in [0, 0.05) is 6.54 Å². The number of carboxylic acid groups (broad SMARTS) is 1. The molecule has 3 N–H and O–H groups in total. The van der Waals surface area contributed by atoms with Crippen LogP contribution in [-0.2, 0) is 9.53 Å². The number of hydrogen-bond donors (Lipinski definition) is 3. The van der Waals surface area contributed by atoms with Crippen molar-refractivity contribution >= 4 is 12.1 Å². The van der Waals surface area contributed by atoms with E-state index in [4.69, 9.17) is 4.74 Å². The number of aliphatic hydroxyl groups excluding tert-OH is 1. The molecule has 1 heterocycles. The summed E-state index contributed by atoms with van der Waals surface area (Å²) in [4.78, 5) is 24.3. The molecule has 19 heavy (non-hydrogen) atoms. The molecule has 1 amide bonds. The summed E-state index contributed by atoms with van der Waals surface area (Å²) < 4.78 is 5.16. The van der Waals surface area contributed by atoms with Gasteiger partial charge in [-0.15, -0.1) is 0 Å². The Labute approximate surface area is 112 Å². The second kappa shape index (κ2) is 5.34. The highest BCUT2D eigenvalue weighted by atomic mass is 16.6. The van der Waals surface area contributed by atoms with E-state index >= 15 is 0 Å². The number of likely N-dealkylation sites (tertiary alicyclic amines) is 1. The highest BCUT2D eigenvalue weighted by Gasteiger charge is 2.52. The Bertz CT molecular complexity index is 356. The fourth-order valence-corrected chi connectivity index (χ4v) is 1.73. The van der Waals surface area contributed by atoms with Crippen LogP contribution in [0.25, 0.3) is 0 Å². The molecule has 1 aliphatic rings. The summed E-state index contributed by atoms with van der Waals surface area (Å²) in [6, 6.07) is 0. The lowest BCUT2D eigenvalue weighted by Crippen LogP contribution is -2.74. The van der Waals surface area contributed by atoms with Gasteiger partial charge in [0.05, 0.1) is 19.2 Å². The molecule has 110 valence electrons. The van der Waals surface area contributed by atoms with E-state index in [0.717, 1.165) is 0 Å². The minimum atomic E-state index is -1.19. The van der Waals surface area contributed by atoms with Gasteiger partial charge in [0.15, 0.2) is 5.54 Å². The zero-order valence-electron chi connectivity index (χ0n) is 11.8. The summed E-state index contributed by atoms with van der Waals surface area (Å²) >= 11 is 0. The van der Waals surface area contributed by atoms with E-state index in [1.54, 1.807) is 27.7 Å². The van der Waals surface area contributed by atoms with Crippen LogP contribution in [0.3, 0.4) is 0 Å². The number of nitrogens with one attached hydrogen (secondary N) is 1. The second-order valence-electron chi connectivity index (χ2n) is 5.95. The second-order valence-corrected chi connectivity index (χ2v) is 5.95. The molecule has 1 saturated heterocycles. The predicted octanol–water partition coefficient (Wildman–Crippen LogP) is 0.0309. The number of aliphatic hydroxyl groups is 1. The minimum absolute atomic E-state index is 0.0317. The van der Waals surface area contributed by atoms with Crippen molar-refractivity contribution in [1.29, 1.82) is 0 Å². The molecule has 1 aliphatic heterocycles. The third-order valence-electron chi connectivity index (χ3n) is 2.72. The molecule has 1 rings (SSSR count). The number of aliphatic carboxylic acids is 1. The molecule has 0 aliphatic carbocycles. The SMILES string of the molecule is CC(O)CNC1(C(=O)O)CN(C(=O)OC(C)(C)C)C1. The van der Waals surface area contributed by atoms with Crippen LogP contribution in [-0.4, -0.2) is 64.1 Å². The Kier molecular flexibility index (Phi) is 4.42. The van der Waals surface area contributed by atoms with E-state index in [1.165, 1.54) is 4.90 Å². The molecule has 0 radical (unpaired) electrons. The molecular weight excluding hydrogens is 252 g/mol. The van der Waals surface area contributed by atoms with Crippen LogP contribution in [0.15, 0.2) is 0 Å². The molecular formula is C12H22N2O5. The lowest BCUT2D eigenvalue weighted by atomic mass is 9.90. The van der Waals surface area contributed by atoms with Crippen molar-refractivity contribution in [3.8, 4) is 0 Å². The Morgan fingerprint density at radius 3 is 2.32 bits per heavy atom. The first-order valence-corrected chi connectivity index (χ1v) is 6.20. The summed E-state index contributed by atoms with van der Waals surface area (Å²) in [6.45, 7) is 7.04. The largest absolute Gasteiger partial charge is 0.480 e.